The summed E-state index contributed by atoms with van der Waals surface area (Å²) in [5.41, 5.74) is 1.71. The highest BCUT2D eigenvalue weighted by molar-refractivity contribution is 8.00. The molecule has 5 heteroatoms. The summed E-state index contributed by atoms with van der Waals surface area (Å²) in [5, 5.41) is 2.78. The van der Waals surface area contributed by atoms with Gasteiger partial charge in [0.2, 0.25) is 5.91 Å². The van der Waals surface area contributed by atoms with Crippen LogP contribution in [0.15, 0.2) is 23.1 Å². The van der Waals surface area contributed by atoms with E-state index in [1.54, 1.807) is 0 Å². The summed E-state index contributed by atoms with van der Waals surface area (Å²) < 4.78 is 4.60. The quantitative estimate of drug-likeness (QED) is 0.791. The summed E-state index contributed by atoms with van der Waals surface area (Å²) in [6.07, 6.45) is 0.262. The van der Waals surface area contributed by atoms with E-state index in [1.807, 2.05) is 18.2 Å². The van der Waals surface area contributed by atoms with Crippen LogP contribution < -0.4 is 5.32 Å². The fourth-order valence-electron chi connectivity index (χ4n) is 1.47. The van der Waals surface area contributed by atoms with Crippen molar-refractivity contribution >= 4 is 29.3 Å². The van der Waals surface area contributed by atoms with Crippen molar-refractivity contribution in [2.75, 3.05) is 18.2 Å². The van der Waals surface area contributed by atoms with Gasteiger partial charge in [0.15, 0.2) is 0 Å². The summed E-state index contributed by atoms with van der Waals surface area (Å²) in [7, 11) is 1.37. The number of hydrogen-bond acceptors (Lipinski definition) is 4. The first-order valence-electron chi connectivity index (χ1n) is 4.81. The number of rotatable bonds is 2. The Morgan fingerprint density at radius 2 is 2.38 bits per heavy atom. The molecule has 1 heterocycles. The summed E-state index contributed by atoms with van der Waals surface area (Å²) >= 11 is 1.48. The molecule has 0 atom stereocenters. The Kier molecular flexibility index (Phi) is 3.14. The summed E-state index contributed by atoms with van der Waals surface area (Å²) in [4.78, 5) is 23.2. The zero-order valence-electron chi connectivity index (χ0n) is 8.78. The van der Waals surface area contributed by atoms with Gasteiger partial charge in [-0.2, -0.15) is 0 Å². The van der Waals surface area contributed by atoms with Crippen LogP contribution in [0.1, 0.15) is 5.56 Å². The molecule has 0 spiro atoms. The van der Waals surface area contributed by atoms with Crippen LogP contribution in [0, 0.1) is 0 Å². The largest absolute Gasteiger partial charge is 0.469 e. The van der Waals surface area contributed by atoms with Crippen molar-refractivity contribution in [1.82, 2.24) is 0 Å². The van der Waals surface area contributed by atoms with Crippen LogP contribution in [0.2, 0.25) is 0 Å². The normalized spacial score (nSPS) is 13.9. The Hall–Kier alpha value is -1.49. The maximum Gasteiger partial charge on any atom is 0.309 e. The van der Waals surface area contributed by atoms with Crippen LogP contribution in [0.3, 0.4) is 0 Å². The van der Waals surface area contributed by atoms with E-state index in [0.717, 1.165) is 16.1 Å². The number of methoxy groups -OCH3 is 1. The number of ether oxygens (including phenoxy) is 1. The zero-order chi connectivity index (χ0) is 11.5. The minimum atomic E-state index is -0.259. The first-order chi connectivity index (χ1) is 7.69. The van der Waals surface area contributed by atoms with Crippen LogP contribution in [0.25, 0.3) is 0 Å². The Bertz CT molecular complexity index is 445. The molecular formula is C11H11NO3S. The van der Waals surface area contributed by atoms with Crippen molar-refractivity contribution in [2.24, 2.45) is 0 Å². The van der Waals surface area contributed by atoms with Gasteiger partial charge in [-0.15, -0.1) is 11.8 Å². The molecule has 1 amide bonds. The second kappa shape index (κ2) is 4.57. The number of carbonyl (C=O) groups excluding carboxylic acids is 2. The standard InChI is InChI=1S/C11H11NO3S/c1-15-11(14)5-7-2-3-8-9(4-7)16-6-10(13)12-8/h2-4H,5-6H2,1H3,(H,12,13). The van der Waals surface area contributed by atoms with E-state index in [-0.39, 0.29) is 18.3 Å². The molecule has 0 fully saturated rings. The van der Waals surface area contributed by atoms with E-state index in [9.17, 15) is 9.59 Å². The lowest BCUT2D eigenvalue weighted by atomic mass is 10.1. The van der Waals surface area contributed by atoms with Gasteiger partial charge in [-0.3, -0.25) is 9.59 Å². The highest BCUT2D eigenvalue weighted by Crippen LogP contribution is 2.32. The molecule has 84 valence electrons. The zero-order valence-corrected chi connectivity index (χ0v) is 9.60. The lowest BCUT2D eigenvalue weighted by molar-refractivity contribution is -0.139. The number of nitrogens with one attached hydrogen (secondary N) is 1. The van der Waals surface area contributed by atoms with E-state index < -0.39 is 0 Å². The summed E-state index contributed by atoms with van der Waals surface area (Å²) in [6, 6.07) is 5.55. The summed E-state index contributed by atoms with van der Waals surface area (Å²) in [5.74, 6) is 0.178. The van der Waals surface area contributed by atoms with Crippen molar-refractivity contribution in [3.8, 4) is 0 Å². The molecule has 0 aromatic heterocycles. The first kappa shape index (κ1) is 11.0. The van der Waals surface area contributed by atoms with E-state index in [4.69, 9.17) is 0 Å². The summed E-state index contributed by atoms with van der Waals surface area (Å²) in [6.45, 7) is 0. The lowest BCUT2D eigenvalue weighted by Gasteiger charge is -2.16. The Morgan fingerprint density at radius 3 is 3.12 bits per heavy atom. The number of esters is 1. The van der Waals surface area contributed by atoms with Gasteiger partial charge in [0.05, 0.1) is 25.0 Å². The van der Waals surface area contributed by atoms with Gasteiger partial charge in [-0.25, -0.2) is 0 Å². The third-order valence-electron chi connectivity index (χ3n) is 2.26. The average Bonchev–Trinajstić information content (AvgIpc) is 2.29. The number of amides is 1. The smallest absolute Gasteiger partial charge is 0.309 e. The highest BCUT2D eigenvalue weighted by Gasteiger charge is 2.15. The molecule has 0 saturated heterocycles. The number of hydrogen-bond donors (Lipinski definition) is 1. The SMILES string of the molecule is COC(=O)Cc1ccc2c(c1)SCC(=O)N2. The van der Waals surface area contributed by atoms with E-state index >= 15 is 0 Å². The molecular weight excluding hydrogens is 226 g/mol. The predicted molar refractivity (Wildman–Crippen MR) is 61.5 cm³/mol. The molecule has 2 rings (SSSR count). The Balaban J connectivity index is 2.19. The fourth-order valence-corrected chi connectivity index (χ4v) is 2.34. The molecule has 1 aromatic rings. The van der Waals surface area contributed by atoms with Crippen molar-refractivity contribution in [3.63, 3.8) is 0 Å². The molecule has 0 saturated carbocycles. The van der Waals surface area contributed by atoms with E-state index in [0.29, 0.717) is 5.75 Å². The molecule has 0 unspecified atom stereocenters. The average molecular weight is 237 g/mol. The molecule has 0 bridgehead atoms. The highest BCUT2D eigenvalue weighted by atomic mass is 32.2. The molecule has 4 nitrogen and oxygen atoms in total. The number of benzene rings is 1. The minimum Gasteiger partial charge on any atom is -0.469 e. The van der Waals surface area contributed by atoms with Crippen molar-refractivity contribution in [1.29, 1.82) is 0 Å². The molecule has 0 radical (unpaired) electrons. The van der Waals surface area contributed by atoms with Gasteiger partial charge in [0.25, 0.3) is 0 Å². The monoisotopic (exact) mass is 237 g/mol. The van der Waals surface area contributed by atoms with Gasteiger partial charge in [-0.05, 0) is 17.7 Å². The third kappa shape index (κ3) is 2.36. The predicted octanol–water partition coefficient (Wildman–Crippen LogP) is 1.45. The first-order valence-corrected chi connectivity index (χ1v) is 5.80. The maximum absolute atomic E-state index is 11.1. The van der Waals surface area contributed by atoms with Crippen molar-refractivity contribution in [2.45, 2.75) is 11.3 Å². The second-order valence-electron chi connectivity index (χ2n) is 3.42. The van der Waals surface area contributed by atoms with Crippen LogP contribution in [0.4, 0.5) is 5.69 Å². The molecule has 1 N–H and O–H groups in total. The van der Waals surface area contributed by atoms with Crippen molar-refractivity contribution < 1.29 is 14.3 Å². The number of anilines is 1. The van der Waals surface area contributed by atoms with Gasteiger partial charge in [0.1, 0.15) is 0 Å². The number of carbonyl (C=O) groups is 2. The third-order valence-corrected chi connectivity index (χ3v) is 3.31. The van der Waals surface area contributed by atoms with Crippen LogP contribution in [-0.4, -0.2) is 24.7 Å². The number of fused-ring (bicyclic) bond motifs is 1. The van der Waals surface area contributed by atoms with Gasteiger partial charge in [0, 0.05) is 4.90 Å². The molecule has 1 aliphatic rings. The number of thioether (sulfide) groups is 1. The Labute approximate surface area is 97.4 Å². The van der Waals surface area contributed by atoms with E-state index in [1.165, 1.54) is 18.9 Å². The maximum atomic E-state index is 11.1. The van der Waals surface area contributed by atoms with Gasteiger partial charge >= 0.3 is 5.97 Å². The van der Waals surface area contributed by atoms with Crippen LogP contribution in [0.5, 0.6) is 0 Å². The topological polar surface area (TPSA) is 55.4 Å². The molecule has 1 aromatic carbocycles. The van der Waals surface area contributed by atoms with E-state index in [2.05, 4.69) is 10.1 Å². The van der Waals surface area contributed by atoms with Crippen molar-refractivity contribution in [3.05, 3.63) is 23.8 Å². The lowest BCUT2D eigenvalue weighted by Crippen LogP contribution is -2.18. The fraction of sp³-hybridized carbons (Fsp3) is 0.273. The molecule has 16 heavy (non-hydrogen) atoms. The van der Waals surface area contributed by atoms with Crippen LogP contribution in [-0.2, 0) is 20.7 Å². The van der Waals surface area contributed by atoms with Gasteiger partial charge in [-0.1, -0.05) is 6.07 Å². The van der Waals surface area contributed by atoms with Crippen LogP contribution >= 0.6 is 11.8 Å². The Morgan fingerprint density at radius 1 is 1.56 bits per heavy atom. The second-order valence-corrected chi connectivity index (χ2v) is 4.44. The molecule has 1 aliphatic heterocycles. The minimum absolute atomic E-state index is 0.0122. The van der Waals surface area contributed by atoms with Gasteiger partial charge < -0.3 is 10.1 Å². The molecule has 0 aliphatic carbocycles.